The summed E-state index contributed by atoms with van der Waals surface area (Å²) in [5.74, 6) is 1.11. The molecule has 8 heteroatoms. The molecule has 144 valence electrons. The number of amides is 1. The van der Waals surface area contributed by atoms with Crippen molar-refractivity contribution >= 4 is 22.9 Å². The number of aromatic nitrogens is 3. The Hall–Kier alpha value is -3.13. The van der Waals surface area contributed by atoms with E-state index in [9.17, 15) is 4.79 Å². The molecular weight excluding hydrogens is 358 g/mol. The zero-order valence-corrected chi connectivity index (χ0v) is 15.3. The highest BCUT2D eigenvalue weighted by molar-refractivity contribution is 5.99. The smallest absolute Gasteiger partial charge is 0.255 e. The van der Waals surface area contributed by atoms with Gasteiger partial charge in [0.25, 0.3) is 5.91 Å². The maximum absolute atomic E-state index is 12.1. The van der Waals surface area contributed by atoms with Crippen LogP contribution in [-0.4, -0.2) is 53.3 Å². The third-order valence-electron chi connectivity index (χ3n) is 5.17. The molecule has 5 rings (SSSR count). The molecule has 0 bridgehead atoms. The largest absolute Gasteiger partial charge is 0.491 e. The molecule has 8 nitrogen and oxygen atoms in total. The number of carbonyl (C=O) groups is 1. The summed E-state index contributed by atoms with van der Waals surface area (Å²) >= 11 is 0. The molecule has 0 spiro atoms. The van der Waals surface area contributed by atoms with Gasteiger partial charge >= 0.3 is 0 Å². The van der Waals surface area contributed by atoms with E-state index in [0.717, 1.165) is 48.2 Å². The van der Waals surface area contributed by atoms with Crippen LogP contribution in [0.25, 0.3) is 22.2 Å². The molecule has 1 amide bonds. The van der Waals surface area contributed by atoms with E-state index < -0.39 is 0 Å². The van der Waals surface area contributed by atoms with Crippen molar-refractivity contribution in [1.29, 1.82) is 0 Å². The van der Waals surface area contributed by atoms with Crippen molar-refractivity contribution in [3.63, 3.8) is 0 Å². The number of fused-ring (bicyclic) bond motifs is 2. The Morgan fingerprint density at radius 1 is 1.14 bits per heavy atom. The first-order valence-electron chi connectivity index (χ1n) is 9.52. The van der Waals surface area contributed by atoms with Crippen molar-refractivity contribution in [2.24, 2.45) is 0 Å². The van der Waals surface area contributed by atoms with Crippen LogP contribution in [0.15, 0.2) is 30.6 Å². The summed E-state index contributed by atoms with van der Waals surface area (Å²) in [7, 11) is 0. The lowest BCUT2D eigenvalue weighted by molar-refractivity contribution is 0.0903. The molecule has 0 radical (unpaired) electrons. The Bertz CT molecular complexity index is 1030. The van der Waals surface area contributed by atoms with Crippen LogP contribution >= 0.6 is 0 Å². The van der Waals surface area contributed by atoms with Crippen LogP contribution in [0.5, 0.6) is 5.75 Å². The maximum Gasteiger partial charge on any atom is 0.255 e. The minimum atomic E-state index is -0.106. The lowest BCUT2D eigenvalue weighted by atomic mass is 10.0. The molecule has 1 fully saturated rings. The zero-order chi connectivity index (χ0) is 18.9. The average Bonchev–Trinajstić information content (AvgIpc) is 3.05. The number of anilines is 1. The van der Waals surface area contributed by atoms with E-state index in [1.165, 1.54) is 0 Å². The Morgan fingerprint density at radius 3 is 2.93 bits per heavy atom. The van der Waals surface area contributed by atoms with Gasteiger partial charge in [0.1, 0.15) is 18.0 Å². The second-order valence-corrected chi connectivity index (χ2v) is 7.00. The summed E-state index contributed by atoms with van der Waals surface area (Å²) in [6.45, 7) is 2.50. The van der Waals surface area contributed by atoms with Gasteiger partial charge in [0, 0.05) is 42.6 Å². The first kappa shape index (κ1) is 17.0. The molecule has 0 aliphatic carbocycles. The van der Waals surface area contributed by atoms with Gasteiger partial charge in [0.05, 0.1) is 12.1 Å². The van der Waals surface area contributed by atoms with Gasteiger partial charge in [-0.2, -0.15) is 4.98 Å². The summed E-state index contributed by atoms with van der Waals surface area (Å²) < 4.78 is 11.1. The number of H-pyrrole nitrogens is 1. The molecule has 1 saturated heterocycles. The highest BCUT2D eigenvalue weighted by atomic mass is 16.5. The first-order chi connectivity index (χ1) is 13.8. The molecule has 3 N–H and O–H groups in total. The van der Waals surface area contributed by atoms with Gasteiger partial charge in [-0.25, -0.2) is 4.98 Å². The molecular formula is C20H21N5O3. The minimum absolute atomic E-state index is 0.106. The fourth-order valence-electron chi connectivity index (χ4n) is 3.66. The topological polar surface area (TPSA) is 101 Å². The maximum atomic E-state index is 12.1. The van der Waals surface area contributed by atoms with Crippen LogP contribution < -0.4 is 15.4 Å². The van der Waals surface area contributed by atoms with Crippen LogP contribution in [0.3, 0.4) is 0 Å². The number of benzene rings is 1. The lowest BCUT2D eigenvalue weighted by Gasteiger charge is -2.22. The van der Waals surface area contributed by atoms with Gasteiger partial charge in [-0.15, -0.1) is 0 Å². The van der Waals surface area contributed by atoms with Crippen molar-refractivity contribution in [3.8, 4) is 16.9 Å². The summed E-state index contributed by atoms with van der Waals surface area (Å²) in [6.07, 6.45) is 5.66. The van der Waals surface area contributed by atoms with Crippen molar-refractivity contribution in [2.75, 3.05) is 31.7 Å². The fourth-order valence-corrected chi connectivity index (χ4v) is 3.66. The molecule has 0 atom stereocenters. The van der Waals surface area contributed by atoms with Crippen LogP contribution in [0.4, 0.5) is 5.95 Å². The molecule has 4 heterocycles. The van der Waals surface area contributed by atoms with Gasteiger partial charge < -0.3 is 25.1 Å². The van der Waals surface area contributed by atoms with Crippen molar-refractivity contribution < 1.29 is 14.3 Å². The third-order valence-corrected chi connectivity index (χ3v) is 5.17. The zero-order valence-electron chi connectivity index (χ0n) is 15.3. The van der Waals surface area contributed by atoms with E-state index >= 15 is 0 Å². The van der Waals surface area contributed by atoms with Gasteiger partial charge in [-0.3, -0.25) is 4.79 Å². The molecule has 3 aromatic rings. The normalized spacial score (nSPS) is 17.5. The molecule has 0 unspecified atom stereocenters. The average molecular weight is 379 g/mol. The highest BCUT2D eigenvalue weighted by Gasteiger charge is 2.19. The minimum Gasteiger partial charge on any atom is -0.491 e. The molecule has 28 heavy (non-hydrogen) atoms. The molecule has 1 aromatic carbocycles. The molecule has 2 aliphatic rings. The van der Waals surface area contributed by atoms with E-state index in [1.54, 1.807) is 6.07 Å². The van der Waals surface area contributed by atoms with E-state index in [1.807, 2.05) is 24.5 Å². The summed E-state index contributed by atoms with van der Waals surface area (Å²) in [6, 6.07) is 5.96. The van der Waals surface area contributed by atoms with E-state index in [-0.39, 0.29) is 5.91 Å². The quantitative estimate of drug-likeness (QED) is 0.646. The Kier molecular flexibility index (Phi) is 4.32. The summed E-state index contributed by atoms with van der Waals surface area (Å²) in [5.41, 5.74) is 3.26. The summed E-state index contributed by atoms with van der Waals surface area (Å²) in [4.78, 5) is 24.4. The van der Waals surface area contributed by atoms with E-state index in [4.69, 9.17) is 9.47 Å². The highest BCUT2D eigenvalue weighted by Crippen LogP contribution is 2.32. The number of nitrogens with zero attached hydrogens (tertiary/aromatic N) is 2. The van der Waals surface area contributed by atoms with Crippen LogP contribution in [0.2, 0.25) is 0 Å². The number of hydrogen-bond donors (Lipinski definition) is 3. The molecule has 0 saturated carbocycles. The number of nitrogens with one attached hydrogen (secondary N) is 3. The SMILES string of the molecule is O=C1NCCOc2cc(-c3c[nH]c4nc(NC5CCOCC5)ncc34)ccc21. The van der Waals surface area contributed by atoms with Gasteiger partial charge in [0.15, 0.2) is 0 Å². The summed E-state index contributed by atoms with van der Waals surface area (Å²) in [5, 5.41) is 7.13. The predicted octanol–water partition coefficient (Wildman–Crippen LogP) is 2.34. The monoisotopic (exact) mass is 379 g/mol. The predicted molar refractivity (Wildman–Crippen MR) is 105 cm³/mol. The number of aromatic amines is 1. The number of carbonyl (C=O) groups excluding carboxylic acids is 1. The second kappa shape index (κ2) is 7.12. The molecule has 2 aromatic heterocycles. The van der Waals surface area contributed by atoms with Crippen LogP contribution in [0, 0.1) is 0 Å². The first-order valence-corrected chi connectivity index (χ1v) is 9.52. The fraction of sp³-hybridized carbons (Fsp3) is 0.350. The Labute approximate surface area is 161 Å². The third kappa shape index (κ3) is 3.16. The van der Waals surface area contributed by atoms with E-state index in [2.05, 4.69) is 25.6 Å². The van der Waals surface area contributed by atoms with Gasteiger partial charge in [0.2, 0.25) is 5.95 Å². The van der Waals surface area contributed by atoms with Crippen molar-refractivity contribution in [1.82, 2.24) is 20.3 Å². The van der Waals surface area contributed by atoms with Gasteiger partial charge in [-0.05, 0) is 30.5 Å². The Balaban J connectivity index is 1.45. The van der Waals surface area contributed by atoms with Crippen molar-refractivity contribution in [3.05, 3.63) is 36.2 Å². The standard InChI is InChI=1S/C20H21N5O3/c26-19-14-2-1-12(9-17(14)28-8-5-21-19)15-10-22-18-16(15)11-23-20(25-18)24-13-3-6-27-7-4-13/h1-2,9-11,13H,3-8H2,(H,21,26)(H2,22,23,24,25). The second-order valence-electron chi connectivity index (χ2n) is 7.00. The van der Waals surface area contributed by atoms with Gasteiger partial charge in [-0.1, -0.05) is 6.07 Å². The Morgan fingerprint density at radius 2 is 2.04 bits per heavy atom. The molecule has 2 aliphatic heterocycles. The van der Waals surface area contributed by atoms with Crippen LogP contribution in [0.1, 0.15) is 23.2 Å². The van der Waals surface area contributed by atoms with E-state index in [0.29, 0.717) is 36.5 Å². The number of ether oxygens (including phenoxy) is 2. The van der Waals surface area contributed by atoms with Crippen LogP contribution in [-0.2, 0) is 4.74 Å². The lowest BCUT2D eigenvalue weighted by Crippen LogP contribution is -2.28. The number of hydrogen-bond acceptors (Lipinski definition) is 6. The van der Waals surface area contributed by atoms with Crippen molar-refractivity contribution in [2.45, 2.75) is 18.9 Å². The number of rotatable bonds is 3.